The number of aromatic nitrogens is 1. The maximum atomic E-state index is 12.4. The minimum atomic E-state index is -1.13. The van der Waals surface area contributed by atoms with E-state index in [-0.39, 0.29) is 22.7 Å². The van der Waals surface area contributed by atoms with Gasteiger partial charge in [0, 0.05) is 11.6 Å². The second-order valence-corrected chi connectivity index (χ2v) is 5.00. The summed E-state index contributed by atoms with van der Waals surface area (Å²) in [6.45, 7) is 2.01. The molecular weight excluding hydrogens is 244 g/mol. The number of anilines is 1. The van der Waals surface area contributed by atoms with Gasteiger partial charge >= 0.3 is 5.97 Å². The van der Waals surface area contributed by atoms with Gasteiger partial charge in [0.2, 0.25) is 5.91 Å². The van der Waals surface area contributed by atoms with Gasteiger partial charge in [0.05, 0.1) is 5.69 Å². The van der Waals surface area contributed by atoms with Crippen LogP contribution in [0.1, 0.15) is 49.5 Å². The fourth-order valence-electron chi connectivity index (χ4n) is 2.72. The molecule has 1 heterocycles. The first kappa shape index (κ1) is 13.5. The normalized spacial score (nSPS) is 17.1. The van der Waals surface area contributed by atoms with Crippen LogP contribution in [0.15, 0.2) is 18.3 Å². The number of carboxylic acid groups (broad SMARTS) is 1. The van der Waals surface area contributed by atoms with Crippen molar-refractivity contribution in [2.45, 2.75) is 39.0 Å². The number of carbonyl (C=O) groups is 2. The zero-order valence-corrected chi connectivity index (χ0v) is 11.0. The van der Waals surface area contributed by atoms with E-state index in [1.54, 1.807) is 12.1 Å². The number of hydrogen-bond donors (Lipinski definition) is 2. The molecule has 19 heavy (non-hydrogen) atoms. The van der Waals surface area contributed by atoms with Crippen LogP contribution < -0.4 is 5.32 Å². The molecule has 1 fully saturated rings. The summed E-state index contributed by atoms with van der Waals surface area (Å²) in [5.74, 6) is -1.21. The fourth-order valence-corrected chi connectivity index (χ4v) is 2.72. The van der Waals surface area contributed by atoms with E-state index in [1.807, 2.05) is 6.92 Å². The summed E-state index contributed by atoms with van der Waals surface area (Å²) in [5.41, 5.74) is -0.175. The Morgan fingerprint density at radius 2 is 2.11 bits per heavy atom. The molecule has 0 bridgehead atoms. The lowest BCUT2D eigenvalue weighted by Gasteiger charge is -2.26. The molecule has 0 saturated heterocycles. The third kappa shape index (κ3) is 2.59. The van der Waals surface area contributed by atoms with Gasteiger partial charge in [-0.1, -0.05) is 19.8 Å². The Bertz CT molecular complexity index is 493. The van der Waals surface area contributed by atoms with Crippen LogP contribution in [-0.2, 0) is 4.79 Å². The lowest BCUT2D eigenvalue weighted by Crippen LogP contribution is -2.33. The van der Waals surface area contributed by atoms with Gasteiger partial charge in [0.1, 0.15) is 0 Å². The SMILES string of the molecule is CCC1(C(=O)Nc2cccnc2C(=O)O)CCCC1. The quantitative estimate of drug-likeness (QED) is 0.874. The Hall–Kier alpha value is -1.91. The van der Waals surface area contributed by atoms with Crippen molar-refractivity contribution >= 4 is 17.6 Å². The van der Waals surface area contributed by atoms with E-state index in [1.165, 1.54) is 6.20 Å². The predicted octanol–water partition coefficient (Wildman–Crippen LogP) is 2.69. The number of nitrogens with zero attached hydrogens (tertiary/aromatic N) is 1. The van der Waals surface area contributed by atoms with Gasteiger partial charge in [0.25, 0.3) is 0 Å². The highest BCUT2D eigenvalue weighted by molar-refractivity contribution is 6.01. The molecule has 0 spiro atoms. The van der Waals surface area contributed by atoms with Crippen LogP contribution in [0.3, 0.4) is 0 Å². The van der Waals surface area contributed by atoms with Crippen molar-refractivity contribution in [1.29, 1.82) is 0 Å². The number of hydrogen-bond acceptors (Lipinski definition) is 3. The number of nitrogens with one attached hydrogen (secondary N) is 1. The Labute approximate surface area is 112 Å². The molecule has 1 amide bonds. The van der Waals surface area contributed by atoms with Crippen LogP contribution in [0.4, 0.5) is 5.69 Å². The maximum absolute atomic E-state index is 12.4. The van der Waals surface area contributed by atoms with Crippen LogP contribution in [0.25, 0.3) is 0 Å². The van der Waals surface area contributed by atoms with Gasteiger partial charge in [-0.25, -0.2) is 9.78 Å². The molecule has 5 nitrogen and oxygen atoms in total. The Morgan fingerprint density at radius 3 is 2.68 bits per heavy atom. The molecule has 1 aromatic heterocycles. The number of carboxylic acids is 1. The largest absolute Gasteiger partial charge is 0.476 e. The van der Waals surface area contributed by atoms with Crippen LogP contribution in [0.5, 0.6) is 0 Å². The molecule has 0 aromatic carbocycles. The van der Waals surface area contributed by atoms with Gasteiger partial charge in [-0.15, -0.1) is 0 Å². The second-order valence-electron chi connectivity index (χ2n) is 5.00. The highest BCUT2D eigenvalue weighted by Gasteiger charge is 2.39. The summed E-state index contributed by atoms with van der Waals surface area (Å²) in [6, 6.07) is 3.20. The lowest BCUT2D eigenvalue weighted by molar-refractivity contribution is -0.125. The van der Waals surface area contributed by atoms with Gasteiger partial charge < -0.3 is 10.4 Å². The van der Waals surface area contributed by atoms with E-state index >= 15 is 0 Å². The van der Waals surface area contributed by atoms with Crippen molar-refractivity contribution < 1.29 is 14.7 Å². The Kier molecular flexibility index (Phi) is 3.83. The molecule has 1 saturated carbocycles. The fraction of sp³-hybridized carbons (Fsp3) is 0.500. The number of carbonyl (C=O) groups excluding carboxylic acids is 1. The molecule has 0 unspecified atom stereocenters. The molecule has 2 N–H and O–H groups in total. The van der Waals surface area contributed by atoms with E-state index in [9.17, 15) is 9.59 Å². The third-order valence-electron chi connectivity index (χ3n) is 3.98. The predicted molar refractivity (Wildman–Crippen MR) is 71.0 cm³/mol. The number of pyridine rings is 1. The second kappa shape index (κ2) is 5.38. The first-order chi connectivity index (χ1) is 9.09. The molecule has 5 heteroatoms. The summed E-state index contributed by atoms with van der Waals surface area (Å²) in [6.07, 6.45) is 6.04. The standard InChI is InChI=1S/C14H18N2O3/c1-2-14(7-3-4-8-14)13(19)16-10-6-5-9-15-11(10)12(17)18/h5-6,9H,2-4,7-8H2,1H3,(H,16,19)(H,17,18). The Balaban J connectivity index is 2.21. The summed E-state index contributed by atoms with van der Waals surface area (Å²) in [5, 5.41) is 11.8. The van der Waals surface area contributed by atoms with Crippen molar-refractivity contribution in [3.05, 3.63) is 24.0 Å². The monoisotopic (exact) mass is 262 g/mol. The van der Waals surface area contributed by atoms with Gasteiger partial charge in [-0.05, 0) is 31.4 Å². The van der Waals surface area contributed by atoms with E-state index < -0.39 is 5.97 Å². The van der Waals surface area contributed by atoms with Crippen molar-refractivity contribution in [3.63, 3.8) is 0 Å². The first-order valence-corrected chi connectivity index (χ1v) is 6.59. The van der Waals surface area contributed by atoms with Gasteiger partial charge in [0.15, 0.2) is 5.69 Å². The molecule has 2 rings (SSSR count). The molecule has 1 aliphatic carbocycles. The first-order valence-electron chi connectivity index (χ1n) is 6.59. The van der Waals surface area contributed by atoms with E-state index in [2.05, 4.69) is 10.3 Å². The molecule has 0 radical (unpaired) electrons. The molecule has 102 valence electrons. The molecule has 1 aromatic rings. The number of amides is 1. The molecule has 0 aliphatic heterocycles. The van der Waals surface area contributed by atoms with Crippen LogP contribution in [0.2, 0.25) is 0 Å². The van der Waals surface area contributed by atoms with Crippen LogP contribution in [-0.4, -0.2) is 22.0 Å². The third-order valence-corrected chi connectivity index (χ3v) is 3.98. The molecule has 1 aliphatic rings. The topological polar surface area (TPSA) is 79.3 Å². The average molecular weight is 262 g/mol. The summed E-state index contributed by atoms with van der Waals surface area (Å²) >= 11 is 0. The van der Waals surface area contributed by atoms with E-state index in [0.717, 1.165) is 32.1 Å². The highest BCUT2D eigenvalue weighted by atomic mass is 16.4. The van der Waals surface area contributed by atoms with Crippen molar-refractivity contribution in [3.8, 4) is 0 Å². The van der Waals surface area contributed by atoms with Crippen LogP contribution in [0, 0.1) is 5.41 Å². The van der Waals surface area contributed by atoms with E-state index in [4.69, 9.17) is 5.11 Å². The molecular formula is C14H18N2O3. The maximum Gasteiger partial charge on any atom is 0.356 e. The minimum Gasteiger partial charge on any atom is -0.476 e. The van der Waals surface area contributed by atoms with Crippen LogP contribution >= 0.6 is 0 Å². The number of aromatic carboxylic acids is 1. The Morgan fingerprint density at radius 1 is 1.42 bits per heavy atom. The smallest absolute Gasteiger partial charge is 0.356 e. The summed E-state index contributed by atoms with van der Waals surface area (Å²) in [4.78, 5) is 27.3. The molecule has 0 atom stereocenters. The zero-order chi connectivity index (χ0) is 13.9. The average Bonchev–Trinajstić information content (AvgIpc) is 2.89. The number of rotatable bonds is 4. The summed E-state index contributed by atoms with van der Waals surface area (Å²) < 4.78 is 0. The zero-order valence-electron chi connectivity index (χ0n) is 11.0. The summed E-state index contributed by atoms with van der Waals surface area (Å²) in [7, 11) is 0. The lowest BCUT2D eigenvalue weighted by atomic mass is 9.82. The minimum absolute atomic E-state index is 0.0806. The highest BCUT2D eigenvalue weighted by Crippen LogP contribution is 2.41. The van der Waals surface area contributed by atoms with Gasteiger partial charge in [-0.3, -0.25) is 4.79 Å². The van der Waals surface area contributed by atoms with Gasteiger partial charge in [-0.2, -0.15) is 0 Å². The van der Waals surface area contributed by atoms with Crippen molar-refractivity contribution in [2.24, 2.45) is 5.41 Å². The van der Waals surface area contributed by atoms with Crippen molar-refractivity contribution in [1.82, 2.24) is 4.98 Å². The van der Waals surface area contributed by atoms with E-state index in [0.29, 0.717) is 0 Å². The van der Waals surface area contributed by atoms with Crippen molar-refractivity contribution in [2.75, 3.05) is 5.32 Å².